The van der Waals surface area contributed by atoms with Gasteiger partial charge in [0.05, 0.1) is 29.2 Å². The molecule has 0 aliphatic rings. The van der Waals surface area contributed by atoms with E-state index >= 15 is 0 Å². The normalized spacial score (nSPS) is 11.5. The Bertz CT molecular complexity index is 922. The fourth-order valence-electron chi connectivity index (χ4n) is 2.31. The molecule has 4 nitrogen and oxygen atoms in total. The number of hydrogen-bond acceptors (Lipinski definition) is 3. The third-order valence-electron chi connectivity index (χ3n) is 3.40. The first-order valence-corrected chi connectivity index (χ1v) is 7.01. The summed E-state index contributed by atoms with van der Waals surface area (Å²) in [6.07, 6.45) is 3.33. The zero-order valence-corrected chi connectivity index (χ0v) is 11.7. The van der Waals surface area contributed by atoms with Crippen LogP contribution in [0, 0.1) is 0 Å². The monoisotopic (exact) mass is 287 g/mol. The lowest BCUT2D eigenvalue weighted by molar-refractivity contribution is 0.560. The van der Waals surface area contributed by atoms with Crippen LogP contribution in [0.1, 0.15) is 5.76 Å². The Morgan fingerprint density at radius 1 is 1.00 bits per heavy atom. The predicted molar refractivity (Wildman–Crippen MR) is 87.5 cm³/mol. The summed E-state index contributed by atoms with van der Waals surface area (Å²) >= 11 is 0. The Kier molecular flexibility index (Phi) is 3.05. The molecule has 0 spiro atoms. The van der Waals surface area contributed by atoms with E-state index < -0.39 is 0 Å². The molecular formula is C18H13N3O. The quantitative estimate of drug-likeness (QED) is 0.561. The number of nitrogens with one attached hydrogen (secondary N) is 1. The van der Waals surface area contributed by atoms with Gasteiger partial charge >= 0.3 is 0 Å². The molecule has 4 rings (SSSR count). The van der Waals surface area contributed by atoms with E-state index in [1.807, 2.05) is 60.7 Å². The number of H-pyrrole nitrogens is 1. The van der Waals surface area contributed by atoms with E-state index in [2.05, 4.69) is 15.0 Å². The molecule has 22 heavy (non-hydrogen) atoms. The first-order valence-electron chi connectivity index (χ1n) is 7.01. The average molecular weight is 287 g/mol. The zero-order chi connectivity index (χ0) is 14.8. The molecule has 0 amide bonds. The number of aromatic amines is 1. The fourth-order valence-corrected chi connectivity index (χ4v) is 2.31. The number of aromatic nitrogens is 2. The van der Waals surface area contributed by atoms with Crippen molar-refractivity contribution in [2.45, 2.75) is 0 Å². The van der Waals surface area contributed by atoms with Crippen LogP contribution >= 0.6 is 0 Å². The van der Waals surface area contributed by atoms with Crippen molar-refractivity contribution in [1.82, 2.24) is 9.97 Å². The van der Waals surface area contributed by atoms with Crippen molar-refractivity contribution < 1.29 is 4.42 Å². The van der Waals surface area contributed by atoms with Crippen molar-refractivity contribution in [1.29, 1.82) is 0 Å². The van der Waals surface area contributed by atoms with E-state index in [-0.39, 0.29) is 0 Å². The van der Waals surface area contributed by atoms with Gasteiger partial charge in [0.25, 0.3) is 0 Å². The highest BCUT2D eigenvalue weighted by atomic mass is 16.3. The van der Waals surface area contributed by atoms with Crippen molar-refractivity contribution in [2.75, 3.05) is 0 Å². The lowest BCUT2D eigenvalue weighted by Gasteiger charge is -1.93. The molecule has 0 atom stereocenters. The van der Waals surface area contributed by atoms with Gasteiger partial charge in [0.15, 0.2) is 0 Å². The van der Waals surface area contributed by atoms with Gasteiger partial charge in [-0.25, -0.2) is 4.98 Å². The summed E-state index contributed by atoms with van der Waals surface area (Å²) in [5.74, 6) is 1.59. The van der Waals surface area contributed by atoms with Gasteiger partial charge in [0.2, 0.25) is 0 Å². The van der Waals surface area contributed by atoms with Crippen LogP contribution in [0.2, 0.25) is 0 Å². The molecule has 2 heterocycles. The molecule has 0 saturated carbocycles. The van der Waals surface area contributed by atoms with Gasteiger partial charge in [-0.05, 0) is 30.3 Å². The predicted octanol–water partition coefficient (Wildman–Crippen LogP) is 4.57. The molecule has 2 aromatic heterocycles. The van der Waals surface area contributed by atoms with Crippen LogP contribution in [0.5, 0.6) is 0 Å². The highest BCUT2D eigenvalue weighted by Crippen LogP contribution is 2.23. The third-order valence-corrected chi connectivity index (χ3v) is 3.40. The maximum atomic E-state index is 5.24. The molecule has 0 saturated heterocycles. The van der Waals surface area contributed by atoms with Crippen LogP contribution in [0.15, 0.2) is 76.3 Å². The third kappa shape index (κ3) is 2.42. The summed E-state index contributed by atoms with van der Waals surface area (Å²) in [4.78, 5) is 12.4. The maximum Gasteiger partial charge on any atom is 0.144 e. The first kappa shape index (κ1) is 12.6. The average Bonchev–Trinajstić information content (AvgIpc) is 3.22. The topological polar surface area (TPSA) is 54.2 Å². The molecule has 0 unspecified atom stereocenters. The Morgan fingerprint density at radius 3 is 2.73 bits per heavy atom. The van der Waals surface area contributed by atoms with Crippen LogP contribution in [0.3, 0.4) is 0 Å². The fraction of sp³-hybridized carbons (Fsp3) is 0. The number of furan rings is 1. The second kappa shape index (κ2) is 5.33. The van der Waals surface area contributed by atoms with E-state index in [1.165, 1.54) is 0 Å². The van der Waals surface area contributed by atoms with Crippen LogP contribution < -0.4 is 0 Å². The van der Waals surface area contributed by atoms with E-state index in [1.54, 1.807) is 12.5 Å². The van der Waals surface area contributed by atoms with Gasteiger partial charge in [0.1, 0.15) is 11.6 Å². The van der Waals surface area contributed by atoms with Crippen molar-refractivity contribution in [3.8, 4) is 11.4 Å². The highest BCUT2D eigenvalue weighted by Gasteiger charge is 2.05. The summed E-state index contributed by atoms with van der Waals surface area (Å²) in [5, 5.41) is 0. The van der Waals surface area contributed by atoms with Crippen LogP contribution in [-0.4, -0.2) is 16.2 Å². The van der Waals surface area contributed by atoms with Gasteiger partial charge in [-0.2, -0.15) is 0 Å². The maximum absolute atomic E-state index is 5.24. The second-order valence-corrected chi connectivity index (χ2v) is 4.93. The number of fused-ring (bicyclic) bond motifs is 1. The first-order chi connectivity index (χ1) is 10.9. The van der Waals surface area contributed by atoms with Gasteiger partial charge < -0.3 is 9.40 Å². The smallest absolute Gasteiger partial charge is 0.144 e. The van der Waals surface area contributed by atoms with E-state index in [9.17, 15) is 0 Å². The molecule has 0 fully saturated rings. The van der Waals surface area contributed by atoms with E-state index in [4.69, 9.17) is 4.42 Å². The summed E-state index contributed by atoms with van der Waals surface area (Å²) in [6.45, 7) is 0. The SMILES string of the molecule is C(=Nc1ccc2nc(-c3ccccc3)[nH]c2c1)c1ccco1. The Morgan fingerprint density at radius 2 is 1.91 bits per heavy atom. The summed E-state index contributed by atoms with van der Waals surface area (Å²) in [7, 11) is 0. The molecule has 1 N–H and O–H groups in total. The van der Waals surface area contributed by atoms with E-state index in [0.29, 0.717) is 0 Å². The van der Waals surface area contributed by atoms with Crippen LogP contribution in [0.25, 0.3) is 22.4 Å². The Hall–Kier alpha value is -3.14. The van der Waals surface area contributed by atoms with Crippen LogP contribution in [-0.2, 0) is 0 Å². The van der Waals surface area contributed by atoms with Crippen molar-refractivity contribution in [3.05, 3.63) is 72.7 Å². The molecule has 4 heteroatoms. The number of rotatable bonds is 3. The van der Waals surface area contributed by atoms with Crippen molar-refractivity contribution in [2.24, 2.45) is 4.99 Å². The number of aliphatic imine (C=N–C) groups is 1. The summed E-state index contributed by atoms with van der Waals surface area (Å²) in [5.41, 5.74) is 3.82. The van der Waals surface area contributed by atoms with Crippen molar-refractivity contribution >= 4 is 22.9 Å². The summed E-state index contributed by atoms with van der Waals surface area (Å²) in [6, 6.07) is 19.7. The standard InChI is InChI=1S/C18H13N3O/c1-2-5-13(6-3-1)18-20-16-9-8-14(11-17(16)21-18)19-12-15-7-4-10-22-15/h1-12H,(H,20,21). The molecule has 0 radical (unpaired) electrons. The lowest BCUT2D eigenvalue weighted by atomic mass is 10.2. The largest absolute Gasteiger partial charge is 0.463 e. The molecule has 0 aliphatic carbocycles. The summed E-state index contributed by atoms with van der Waals surface area (Å²) < 4.78 is 5.24. The minimum absolute atomic E-state index is 0.731. The van der Waals surface area contributed by atoms with Crippen molar-refractivity contribution in [3.63, 3.8) is 0 Å². The number of imidazole rings is 1. The van der Waals surface area contributed by atoms with Gasteiger partial charge in [-0.3, -0.25) is 4.99 Å². The number of benzene rings is 2. The number of nitrogens with zero attached hydrogens (tertiary/aromatic N) is 2. The minimum Gasteiger partial charge on any atom is -0.463 e. The van der Waals surface area contributed by atoms with Gasteiger partial charge in [0, 0.05) is 5.56 Å². The van der Waals surface area contributed by atoms with E-state index in [0.717, 1.165) is 33.9 Å². The Labute approximate surface area is 127 Å². The Balaban J connectivity index is 1.69. The molecule has 2 aromatic carbocycles. The minimum atomic E-state index is 0.731. The molecule has 4 aromatic rings. The molecule has 106 valence electrons. The second-order valence-electron chi connectivity index (χ2n) is 4.93. The highest BCUT2D eigenvalue weighted by molar-refractivity contribution is 5.84. The molecular weight excluding hydrogens is 274 g/mol. The lowest BCUT2D eigenvalue weighted by Crippen LogP contribution is -1.77. The van der Waals surface area contributed by atoms with Gasteiger partial charge in [-0.1, -0.05) is 30.3 Å². The molecule has 0 bridgehead atoms. The number of hydrogen-bond donors (Lipinski definition) is 1. The van der Waals surface area contributed by atoms with Crippen LogP contribution in [0.4, 0.5) is 5.69 Å². The van der Waals surface area contributed by atoms with Gasteiger partial charge in [-0.15, -0.1) is 0 Å². The molecule has 0 aliphatic heterocycles. The zero-order valence-electron chi connectivity index (χ0n) is 11.7.